The Labute approximate surface area is 166 Å². The van der Waals surface area contributed by atoms with Crippen LogP contribution in [0.25, 0.3) is 22.3 Å². The fourth-order valence-electron chi connectivity index (χ4n) is 3.04. The molecule has 8 nitrogen and oxygen atoms in total. The highest BCUT2D eigenvalue weighted by molar-refractivity contribution is 5.72. The van der Waals surface area contributed by atoms with E-state index in [1.54, 1.807) is 36.7 Å². The minimum atomic E-state index is -0.489. The lowest BCUT2D eigenvalue weighted by Crippen LogP contribution is -2.13. The maximum absolute atomic E-state index is 13.2. The molecular formula is C21H19N3O5. The second-order valence-corrected chi connectivity index (χ2v) is 6.61. The van der Waals surface area contributed by atoms with E-state index in [9.17, 15) is 25.0 Å². The Morgan fingerprint density at radius 1 is 0.793 bits per heavy atom. The number of aromatic nitrogens is 1. The highest BCUT2D eigenvalue weighted by atomic mass is 16.6. The van der Waals surface area contributed by atoms with Gasteiger partial charge in [-0.3, -0.25) is 25.0 Å². The zero-order valence-corrected chi connectivity index (χ0v) is 15.8. The molecule has 0 aliphatic heterocycles. The van der Waals surface area contributed by atoms with Crippen molar-refractivity contribution < 1.29 is 9.85 Å². The van der Waals surface area contributed by atoms with Crippen molar-refractivity contribution in [1.29, 1.82) is 0 Å². The minimum absolute atomic E-state index is 0.0495. The first-order valence-electron chi connectivity index (χ1n) is 9.14. The van der Waals surface area contributed by atoms with Gasteiger partial charge >= 0.3 is 0 Å². The van der Waals surface area contributed by atoms with Gasteiger partial charge in [-0.1, -0.05) is 13.3 Å². The van der Waals surface area contributed by atoms with Crippen molar-refractivity contribution in [1.82, 2.24) is 4.57 Å². The number of non-ortho nitro benzene ring substituents is 2. The van der Waals surface area contributed by atoms with Crippen LogP contribution in [-0.4, -0.2) is 14.4 Å². The van der Waals surface area contributed by atoms with Crippen LogP contribution in [0.2, 0.25) is 0 Å². The maximum Gasteiger partial charge on any atom is 0.269 e. The van der Waals surface area contributed by atoms with Crippen LogP contribution in [0, 0.1) is 20.2 Å². The number of hydrogen-bond donors (Lipinski definition) is 0. The van der Waals surface area contributed by atoms with E-state index in [1.165, 1.54) is 24.3 Å². The third-order valence-corrected chi connectivity index (χ3v) is 4.63. The third kappa shape index (κ3) is 4.37. The molecule has 3 rings (SSSR count). The van der Waals surface area contributed by atoms with Crippen LogP contribution in [0.4, 0.5) is 11.4 Å². The zero-order valence-electron chi connectivity index (χ0n) is 15.8. The Balaban J connectivity index is 2.13. The van der Waals surface area contributed by atoms with Crippen molar-refractivity contribution in [3.63, 3.8) is 0 Å². The maximum atomic E-state index is 13.2. The number of aryl methyl sites for hydroxylation is 1. The average molecular weight is 393 g/mol. The Bertz CT molecular complexity index is 1020. The summed E-state index contributed by atoms with van der Waals surface area (Å²) in [5.74, 6) is 0. The molecule has 0 fully saturated rings. The molecule has 0 N–H and O–H groups in total. The molecule has 0 atom stereocenters. The predicted octanol–water partition coefficient (Wildman–Crippen LogP) is 4.80. The summed E-state index contributed by atoms with van der Waals surface area (Å²) in [6.45, 7) is 2.77. The number of hydrogen-bond acceptors (Lipinski definition) is 5. The lowest BCUT2D eigenvalue weighted by molar-refractivity contribution is -0.385. The first-order chi connectivity index (χ1) is 13.9. The molecule has 1 heterocycles. The molecular weight excluding hydrogens is 374 g/mol. The van der Waals surface area contributed by atoms with E-state index in [0.29, 0.717) is 28.8 Å². The van der Waals surface area contributed by atoms with Gasteiger partial charge in [0.1, 0.15) is 0 Å². The fourth-order valence-corrected chi connectivity index (χ4v) is 3.04. The van der Waals surface area contributed by atoms with Crippen molar-refractivity contribution in [3.8, 4) is 22.3 Å². The van der Waals surface area contributed by atoms with Gasteiger partial charge in [0, 0.05) is 54.3 Å². The van der Waals surface area contributed by atoms with Crippen molar-refractivity contribution >= 4 is 11.4 Å². The summed E-state index contributed by atoms with van der Waals surface area (Å²) in [5, 5.41) is 21.8. The summed E-state index contributed by atoms with van der Waals surface area (Å²) in [6.07, 6.45) is 5.39. The number of rotatable bonds is 7. The van der Waals surface area contributed by atoms with Crippen LogP contribution in [-0.2, 0) is 6.54 Å². The Morgan fingerprint density at radius 3 is 1.55 bits per heavy atom. The molecule has 2 aromatic carbocycles. The van der Waals surface area contributed by atoms with Gasteiger partial charge in [-0.05, 0) is 41.8 Å². The molecule has 0 spiro atoms. The summed E-state index contributed by atoms with van der Waals surface area (Å²) in [6, 6.07) is 11.7. The summed E-state index contributed by atoms with van der Waals surface area (Å²) in [7, 11) is 0. The molecule has 0 aliphatic rings. The number of unbranched alkanes of at least 4 members (excludes halogenated alkanes) is 1. The van der Waals surface area contributed by atoms with Gasteiger partial charge in [0.25, 0.3) is 11.4 Å². The van der Waals surface area contributed by atoms with Gasteiger partial charge in [0.05, 0.1) is 9.85 Å². The largest absolute Gasteiger partial charge is 0.353 e. The van der Waals surface area contributed by atoms with Gasteiger partial charge < -0.3 is 4.57 Å². The van der Waals surface area contributed by atoms with E-state index in [4.69, 9.17) is 0 Å². The van der Waals surface area contributed by atoms with E-state index in [0.717, 1.165) is 12.8 Å². The molecule has 3 aromatic rings. The second kappa shape index (κ2) is 8.47. The van der Waals surface area contributed by atoms with Crippen LogP contribution in [0.1, 0.15) is 19.8 Å². The smallest absolute Gasteiger partial charge is 0.269 e. The van der Waals surface area contributed by atoms with Crippen LogP contribution in [0.15, 0.2) is 65.7 Å². The van der Waals surface area contributed by atoms with Crippen LogP contribution in [0.3, 0.4) is 0 Å². The third-order valence-electron chi connectivity index (χ3n) is 4.63. The first-order valence-corrected chi connectivity index (χ1v) is 9.14. The van der Waals surface area contributed by atoms with E-state index < -0.39 is 9.85 Å². The van der Waals surface area contributed by atoms with Crippen LogP contribution in [0.5, 0.6) is 0 Å². The normalized spacial score (nSPS) is 10.7. The van der Waals surface area contributed by atoms with Gasteiger partial charge in [0.2, 0.25) is 0 Å². The number of benzene rings is 2. The van der Waals surface area contributed by atoms with Crippen molar-refractivity contribution in [3.05, 3.63) is 91.4 Å². The fraction of sp³-hybridized carbons (Fsp3) is 0.190. The minimum Gasteiger partial charge on any atom is -0.353 e. The number of nitrogens with zero attached hydrogens (tertiary/aromatic N) is 3. The molecule has 0 saturated carbocycles. The molecule has 0 amide bonds. The van der Waals surface area contributed by atoms with Gasteiger partial charge in [0.15, 0.2) is 5.43 Å². The van der Waals surface area contributed by atoms with Crippen molar-refractivity contribution in [2.24, 2.45) is 0 Å². The summed E-state index contributed by atoms with van der Waals surface area (Å²) >= 11 is 0. The Kier molecular flexibility index (Phi) is 5.82. The molecule has 0 bridgehead atoms. The predicted molar refractivity (Wildman–Crippen MR) is 110 cm³/mol. The standard InChI is InChI=1S/C21H19N3O5/c1-2-3-12-22-13-19(15-4-8-17(9-5-15)23(26)27)21(25)20(14-22)16-6-10-18(11-7-16)24(28)29/h4-11,13-14H,2-3,12H2,1H3. The highest BCUT2D eigenvalue weighted by Crippen LogP contribution is 2.25. The van der Waals surface area contributed by atoms with Crippen molar-refractivity contribution in [2.45, 2.75) is 26.3 Å². The quantitative estimate of drug-likeness (QED) is 0.423. The number of nitro benzene ring substituents is 2. The molecule has 0 radical (unpaired) electrons. The summed E-state index contributed by atoms with van der Waals surface area (Å²) in [5.41, 5.74) is 1.67. The highest BCUT2D eigenvalue weighted by Gasteiger charge is 2.14. The second-order valence-electron chi connectivity index (χ2n) is 6.61. The van der Waals surface area contributed by atoms with Gasteiger partial charge in [-0.25, -0.2) is 0 Å². The summed E-state index contributed by atoms with van der Waals surface area (Å²) in [4.78, 5) is 34.0. The SMILES string of the molecule is CCCCn1cc(-c2ccc([N+](=O)[O-])cc2)c(=O)c(-c2ccc([N+](=O)[O-])cc2)c1. The number of nitro groups is 2. The Morgan fingerprint density at radius 2 is 1.21 bits per heavy atom. The van der Waals surface area contributed by atoms with E-state index in [2.05, 4.69) is 6.92 Å². The van der Waals surface area contributed by atoms with Crippen LogP contribution >= 0.6 is 0 Å². The molecule has 1 aromatic heterocycles. The van der Waals surface area contributed by atoms with Gasteiger partial charge in [-0.15, -0.1) is 0 Å². The van der Waals surface area contributed by atoms with Crippen molar-refractivity contribution in [2.75, 3.05) is 0 Å². The van der Waals surface area contributed by atoms with Gasteiger partial charge in [-0.2, -0.15) is 0 Å². The van der Waals surface area contributed by atoms with Crippen LogP contribution < -0.4 is 5.43 Å². The van der Waals surface area contributed by atoms with E-state index in [1.807, 2.05) is 4.57 Å². The molecule has 29 heavy (non-hydrogen) atoms. The molecule has 0 aliphatic carbocycles. The average Bonchev–Trinajstić information content (AvgIpc) is 2.73. The molecule has 148 valence electrons. The van der Waals surface area contributed by atoms with E-state index >= 15 is 0 Å². The topological polar surface area (TPSA) is 108 Å². The lowest BCUT2D eigenvalue weighted by Gasteiger charge is -2.12. The molecule has 8 heteroatoms. The Hall–Kier alpha value is -3.81. The zero-order chi connectivity index (χ0) is 21.0. The first kappa shape index (κ1) is 19.9. The number of pyridine rings is 1. The monoisotopic (exact) mass is 393 g/mol. The molecule has 0 saturated heterocycles. The summed E-state index contributed by atoms with van der Waals surface area (Å²) < 4.78 is 1.92. The lowest BCUT2D eigenvalue weighted by atomic mass is 10.0. The molecule has 0 unspecified atom stereocenters. The van der Waals surface area contributed by atoms with E-state index in [-0.39, 0.29) is 16.8 Å².